The largest absolute Gasteiger partial charge is 0.493 e. The van der Waals surface area contributed by atoms with Gasteiger partial charge in [-0.3, -0.25) is 0 Å². The molecule has 0 radical (unpaired) electrons. The van der Waals surface area contributed by atoms with Crippen LogP contribution in [0.1, 0.15) is 6.42 Å². The number of rotatable bonds is 5. The molecule has 0 heterocycles. The van der Waals surface area contributed by atoms with Crippen LogP contribution in [0.4, 0.5) is 5.69 Å². The monoisotopic (exact) mass is 194 g/mol. The first-order chi connectivity index (χ1) is 6.74. The summed E-state index contributed by atoms with van der Waals surface area (Å²) < 4.78 is 5.53. The summed E-state index contributed by atoms with van der Waals surface area (Å²) >= 11 is 0. The van der Waals surface area contributed by atoms with E-state index in [1.54, 1.807) is 0 Å². The van der Waals surface area contributed by atoms with E-state index in [-0.39, 0.29) is 0 Å². The second-order valence-electron chi connectivity index (χ2n) is 3.38. The van der Waals surface area contributed by atoms with Crippen molar-refractivity contribution in [2.24, 2.45) is 5.73 Å². The fourth-order valence-corrected chi connectivity index (χ4v) is 1.12. The Bertz CT molecular complexity index is 274. The summed E-state index contributed by atoms with van der Waals surface area (Å²) in [6, 6.07) is 8.03. The van der Waals surface area contributed by atoms with Crippen LogP contribution in [-0.4, -0.2) is 27.2 Å². The van der Waals surface area contributed by atoms with Crippen molar-refractivity contribution in [3.63, 3.8) is 0 Å². The Hall–Kier alpha value is -1.22. The summed E-state index contributed by atoms with van der Waals surface area (Å²) in [7, 11) is 4.03. The molecule has 0 atom stereocenters. The van der Waals surface area contributed by atoms with Crippen molar-refractivity contribution >= 4 is 5.69 Å². The Balaban J connectivity index is 2.55. The van der Waals surface area contributed by atoms with E-state index >= 15 is 0 Å². The number of hydrogen-bond donors (Lipinski definition) is 1. The Morgan fingerprint density at radius 3 is 2.79 bits per heavy atom. The van der Waals surface area contributed by atoms with Crippen LogP contribution in [-0.2, 0) is 0 Å². The summed E-state index contributed by atoms with van der Waals surface area (Å²) in [4.78, 5) is 2.05. The molecule has 14 heavy (non-hydrogen) atoms. The molecule has 1 aromatic rings. The molecule has 0 bridgehead atoms. The second-order valence-corrected chi connectivity index (χ2v) is 3.38. The van der Waals surface area contributed by atoms with Crippen molar-refractivity contribution in [3.8, 4) is 5.75 Å². The molecule has 3 heteroatoms. The lowest BCUT2D eigenvalue weighted by Crippen LogP contribution is -2.09. The van der Waals surface area contributed by atoms with Gasteiger partial charge >= 0.3 is 0 Å². The Labute approximate surface area is 85.5 Å². The lowest BCUT2D eigenvalue weighted by molar-refractivity contribution is 0.313. The van der Waals surface area contributed by atoms with Crippen LogP contribution in [0, 0.1) is 0 Å². The molecule has 0 saturated heterocycles. The average Bonchev–Trinajstić information content (AvgIpc) is 2.19. The van der Waals surface area contributed by atoms with Crippen molar-refractivity contribution in [1.82, 2.24) is 0 Å². The van der Waals surface area contributed by atoms with Gasteiger partial charge in [0.25, 0.3) is 0 Å². The van der Waals surface area contributed by atoms with Crippen LogP contribution < -0.4 is 15.4 Å². The maximum absolute atomic E-state index is 5.53. The molecule has 0 unspecified atom stereocenters. The molecule has 0 aromatic heterocycles. The molecule has 2 N–H and O–H groups in total. The topological polar surface area (TPSA) is 38.5 Å². The first-order valence-electron chi connectivity index (χ1n) is 4.84. The van der Waals surface area contributed by atoms with Crippen molar-refractivity contribution in [2.45, 2.75) is 6.42 Å². The van der Waals surface area contributed by atoms with Gasteiger partial charge in [0.1, 0.15) is 5.75 Å². The fraction of sp³-hybridized carbons (Fsp3) is 0.455. The van der Waals surface area contributed by atoms with Crippen LogP contribution >= 0.6 is 0 Å². The lowest BCUT2D eigenvalue weighted by atomic mass is 10.3. The molecule has 1 rings (SSSR count). The minimum atomic E-state index is 0.674. The van der Waals surface area contributed by atoms with Crippen molar-refractivity contribution < 1.29 is 4.74 Å². The average molecular weight is 194 g/mol. The van der Waals surface area contributed by atoms with Crippen molar-refractivity contribution in [3.05, 3.63) is 24.3 Å². The zero-order chi connectivity index (χ0) is 10.4. The van der Waals surface area contributed by atoms with Gasteiger partial charge in [0.15, 0.2) is 0 Å². The van der Waals surface area contributed by atoms with E-state index < -0.39 is 0 Å². The highest BCUT2D eigenvalue weighted by Gasteiger charge is 1.97. The third-order valence-corrected chi connectivity index (χ3v) is 1.95. The molecule has 0 amide bonds. The number of nitrogens with two attached hydrogens (primary N) is 1. The summed E-state index contributed by atoms with van der Waals surface area (Å²) in [5.41, 5.74) is 6.53. The Morgan fingerprint density at radius 2 is 2.14 bits per heavy atom. The first-order valence-corrected chi connectivity index (χ1v) is 4.84. The number of hydrogen-bond acceptors (Lipinski definition) is 3. The first kappa shape index (κ1) is 10.9. The quantitative estimate of drug-likeness (QED) is 0.722. The molecule has 0 aliphatic rings. The zero-order valence-electron chi connectivity index (χ0n) is 8.86. The third-order valence-electron chi connectivity index (χ3n) is 1.95. The van der Waals surface area contributed by atoms with Gasteiger partial charge in [-0.25, -0.2) is 0 Å². The van der Waals surface area contributed by atoms with E-state index in [2.05, 4.69) is 11.0 Å². The van der Waals surface area contributed by atoms with Gasteiger partial charge in [-0.1, -0.05) is 6.07 Å². The molecule has 0 aliphatic heterocycles. The van der Waals surface area contributed by atoms with Gasteiger partial charge in [-0.15, -0.1) is 0 Å². The van der Waals surface area contributed by atoms with Crippen LogP contribution in [0.2, 0.25) is 0 Å². The Kier molecular flexibility index (Phi) is 4.26. The van der Waals surface area contributed by atoms with Gasteiger partial charge in [-0.2, -0.15) is 0 Å². The minimum Gasteiger partial charge on any atom is -0.493 e. The highest BCUT2D eigenvalue weighted by Crippen LogP contribution is 2.19. The van der Waals surface area contributed by atoms with Gasteiger partial charge < -0.3 is 15.4 Å². The lowest BCUT2D eigenvalue weighted by Gasteiger charge is -2.13. The van der Waals surface area contributed by atoms with Gasteiger partial charge in [-0.05, 0) is 25.1 Å². The van der Waals surface area contributed by atoms with E-state index in [9.17, 15) is 0 Å². The van der Waals surface area contributed by atoms with Gasteiger partial charge in [0.05, 0.1) is 6.61 Å². The van der Waals surface area contributed by atoms with Crippen LogP contribution in [0.15, 0.2) is 24.3 Å². The molecule has 3 nitrogen and oxygen atoms in total. The zero-order valence-corrected chi connectivity index (χ0v) is 8.86. The van der Waals surface area contributed by atoms with Crippen LogP contribution in [0.5, 0.6) is 5.75 Å². The summed E-state index contributed by atoms with van der Waals surface area (Å²) in [5.74, 6) is 0.907. The molecule has 0 fully saturated rings. The molecule has 0 saturated carbocycles. The van der Waals surface area contributed by atoms with Gasteiger partial charge in [0.2, 0.25) is 0 Å². The molecule has 0 aliphatic carbocycles. The maximum atomic E-state index is 5.53. The van der Waals surface area contributed by atoms with Crippen LogP contribution in [0.25, 0.3) is 0 Å². The van der Waals surface area contributed by atoms with Crippen molar-refractivity contribution in [2.75, 3.05) is 32.1 Å². The highest BCUT2D eigenvalue weighted by molar-refractivity contribution is 5.49. The molecule has 0 spiro atoms. The minimum absolute atomic E-state index is 0.674. The third kappa shape index (κ3) is 3.26. The van der Waals surface area contributed by atoms with E-state index in [4.69, 9.17) is 10.5 Å². The predicted molar refractivity (Wildman–Crippen MR) is 59.9 cm³/mol. The van der Waals surface area contributed by atoms with E-state index in [1.807, 2.05) is 32.3 Å². The van der Waals surface area contributed by atoms with Crippen LogP contribution in [0.3, 0.4) is 0 Å². The smallest absolute Gasteiger partial charge is 0.121 e. The Morgan fingerprint density at radius 1 is 1.36 bits per heavy atom. The standard InChI is InChI=1S/C11H18N2O/c1-13(2)10-5-3-6-11(9-10)14-8-4-7-12/h3,5-6,9H,4,7-8,12H2,1-2H3. The molecule has 1 aromatic carbocycles. The molecular formula is C11H18N2O. The predicted octanol–water partition coefficient (Wildman–Crippen LogP) is 1.48. The number of ether oxygens (including phenoxy) is 1. The van der Waals surface area contributed by atoms with E-state index in [0.717, 1.165) is 17.9 Å². The normalized spacial score (nSPS) is 9.93. The van der Waals surface area contributed by atoms with Crippen molar-refractivity contribution in [1.29, 1.82) is 0 Å². The summed E-state index contributed by atoms with van der Waals surface area (Å²) in [5, 5.41) is 0. The van der Waals surface area contributed by atoms with E-state index in [1.165, 1.54) is 0 Å². The summed E-state index contributed by atoms with van der Waals surface area (Å²) in [6.07, 6.45) is 0.895. The fourth-order valence-electron chi connectivity index (χ4n) is 1.12. The SMILES string of the molecule is CN(C)c1cccc(OCCCN)c1. The molecular weight excluding hydrogens is 176 g/mol. The number of anilines is 1. The highest BCUT2D eigenvalue weighted by atomic mass is 16.5. The summed E-state index contributed by atoms with van der Waals surface area (Å²) in [6.45, 7) is 1.36. The van der Waals surface area contributed by atoms with Gasteiger partial charge in [0, 0.05) is 25.8 Å². The maximum Gasteiger partial charge on any atom is 0.121 e. The second kappa shape index (κ2) is 5.50. The van der Waals surface area contributed by atoms with E-state index in [0.29, 0.717) is 13.2 Å². The number of benzene rings is 1. The molecule has 78 valence electrons. The number of nitrogens with zero attached hydrogens (tertiary/aromatic N) is 1.